The van der Waals surface area contributed by atoms with Crippen molar-refractivity contribution >= 4 is 17.6 Å². The molecule has 0 radical (unpaired) electrons. The second-order valence-corrected chi connectivity index (χ2v) is 6.55. The number of hydrogen-bond acceptors (Lipinski definition) is 4. The maximum Gasteiger partial charge on any atom is 0.340 e. The maximum absolute atomic E-state index is 12.5. The van der Waals surface area contributed by atoms with E-state index in [4.69, 9.17) is 4.74 Å². The molecule has 0 bridgehead atoms. The van der Waals surface area contributed by atoms with Crippen molar-refractivity contribution in [2.24, 2.45) is 0 Å². The van der Waals surface area contributed by atoms with Crippen LogP contribution >= 0.6 is 0 Å². The monoisotopic (exact) mass is 374 g/mol. The normalized spacial score (nSPS) is 11.5. The fraction of sp³-hybridized carbons (Fsp3) is 0.174. The molecule has 1 N–H and O–H groups in total. The standard InChI is InChI=1S/C23H22N2O3/c1-15-9-7-8-12-20(15)25-22(26)17(3)28-23(27)19-13-14-21(24-16(19)2)18-10-5-4-6-11-18/h4-14,17H,1-3H3,(H,25,26). The van der Waals surface area contributed by atoms with Crippen LogP contribution in [0.2, 0.25) is 0 Å². The highest BCUT2D eigenvalue weighted by atomic mass is 16.5. The lowest BCUT2D eigenvalue weighted by Crippen LogP contribution is -2.30. The third-order valence-corrected chi connectivity index (χ3v) is 4.43. The average molecular weight is 374 g/mol. The predicted molar refractivity (Wildman–Crippen MR) is 109 cm³/mol. The van der Waals surface area contributed by atoms with Gasteiger partial charge in [0.05, 0.1) is 17.0 Å². The molecule has 3 rings (SSSR count). The number of amides is 1. The summed E-state index contributed by atoms with van der Waals surface area (Å²) in [6, 6.07) is 20.6. The van der Waals surface area contributed by atoms with Gasteiger partial charge in [-0.1, -0.05) is 48.5 Å². The van der Waals surface area contributed by atoms with Crippen LogP contribution in [0.5, 0.6) is 0 Å². The minimum absolute atomic E-state index is 0.343. The molecular weight excluding hydrogens is 352 g/mol. The van der Waals surface area contributed by atoms with Crippen LogP contribution in [0.15, 0.2) is 66.7 Å². The van der Waals surface area contributed by atoms with E-state index >= 15 is 0 Å². The predicted octanol–water partition coefficient (Wildman–Crippen LogP) is 4.55. The Balaban J connectivity index is 1.68. The van der Waals surface area contributed by atoms with E-state index in [1.54, 1.807) is 32.0 Å². The van der Waals surface area contributed by atoms with E-state index in [1.165, 1.54) is 0 Å². The molecule has 5 nitrogen and oxygen atoms in total. The van der Waals surface area contributed by atoms with Gasteiger partial charge in [-0.15, -0.1) is 0 Å². The lowest BCUT2D eigenvalue weighted by atomic mass is 10.1. The van der Waals surface area contributed by atoms with Crippen LogP contribution in [-0.4, -0.2) is 23.0 Å². The van der Waals surface area contributed by atoms with E-state index in [1.807, 2.05) is 55.5 Å². The summed E-state index contributed by atoms with van der Waals surface area (Å²) < 4.78 is 5.35. The topological polar surface area (TPSA) is 68.3 Å². The molecule has 28 heavy (non-hydrogen) atoms. The maximum atomic E-state index is 12.5. The Labute approximate surface area is 164 Å². The minimum atomic E-state index is -0.930. The van der Waals surface area contributed by atoms with Gasteiger partial charge in [-0.05, 0) is 44.5 Å². The van der Waals surface area contributed by atoms with Crippen LogP contribution in [0.1, 0.15) is 28.5 Å². The Morgan fingerprint density at radius 2 is 1.61 bits per heavy atom. The Morgan fingerprint density at radius 1 is 0.929 bits per heavy atom. The van der Waals surface area contributed by atoms with Crippen LogP contribution in [0.4, 0.5) is 5.69 Å². The van der Waals surface area contributed by atoms with Gasteiger partial charge in [0.25, 0.3) is 5.91 Å². The van der Waals surface area contributed by atoms with Gasteiger partial charge in [-0.25, -0.2) is 4.79 Å². The number of para-hydroxylation sites is 1. The first-order chi connectivity index (χ1) is 13.5. The number of nitrogens with one attached hydrogen (secondary N) is 1. The van der Waals surface area contributed by atoms with Crippen molar-refractivity contribution in [3.63, 3.8) is 0 Å². The van der Waals surface area contributed by atoms with E-state index in [0.29, 0.717) is 16.9 Å². The highest BCUT2D eigenvalue weighted by molar-refractivity contribution is 5.98. The van der Waals surface area contributed by atoms with Crippen molar-refractivity contribution in [1.82, 2.24) is 4.98 Å². The highest BCUT2D eigenvalue weighted by Gasteiger charge is 2.21. The van der Waals surface area contributed by atoms with Gasteiger partial charge < -0.3 is 10.1 Å². The first-order valence-corrected chi connectivity index (χ1v) is 9.06. The van der Waals surface area contributed by atoms with Gasteiger partial charge in [0.2, 0.25) is 0 Å². The fourth-order valence-electron chi connectivity index (χ4n) is 2.77. The summed E-state index contributed by atoms with van der Waals surface area (Å²) in [4.78, 5) is 29.4. The number of aromatic nitrogens is 1. The quantitative estimate of drug-likeness (QED) is 0.665. The Hall–Kier alpha value is -3.47. The number of carbonyl (C=O) groups excluding carboxylic acids is 2. The van der Waals surface area contributed by atoms with Crippen molar-refractivity contribution in [2.75, 3.05) is 5.32 Å². The first-order valence-electron chi connectivity index (χ1n) is 9.06. The Bertz CT molecular complexity index is 1000. The minimum Gasteiger partial charge on any atom is -0.449 e. The summed E-state index contributed by atoms with van der Waals surface area (Å²) in [5, 5.41) is 2.78. The molecule has 1 unspecified atom stereocenters. The number of aryl methyl sites for hydroxylation is 2. The van der Waals surface area contributed by atoms with E-state index < -0.39 is 12.1 Å². The molecule has 1 aromatic heterocycles. The molecule has 5 heteroatoms. The molecule has 1 heterocycles. The molecule has 3 aromatic rings. The number of benzene rings is 2. The molecule has 0 aliphatic heterocycles. The van der Waals surface area contributed by atoms with Crippen molar-refractivity contribution in [2.45, 2.75) is 26.9 Å². The molecular formula is C23H22N2O3. The van der Waals surface area contributed by atoms with Crippen molar-refractivity contribution in [3.05, 3.63) is 83.6 Å². The van der Waals surface area contributed by atoms with Crippen molar-refractivity contribution in [3.8, 4) is 11.3 Å². The molecule has 1 atom stereocenters. The number of nitrogens with zero attached hydrogens (tertiary/aromatic N) is 1. The number of hydrogen-bond donors (Lipinski definition) is 1. The summed E-state index contributed by atoms with van der Waals surface area (Å²) in [6.45, 7) is 5.20. The number of carbonyl (C=O) groups is 2. The van der Waals surface area contributed by atoms with Gasteiger partial charge >= 0.3 is 5.97 Å². The number of pyridine rings is 1. The van der Waals surface area contributed by atoms with Crippen LogP contribution in [-0.2, 0) is 9.53 Å². The van der Waals surface area contributed by atoms with Crippen molar-refractivity contribution in [1.29, 1.82) is 0 Å². The molecule has 0 saturated carbocycles. The van der Waals surface area contributed by atoms with E-state index in [-0.39, 0.29) is 5.91 Å². The number of anilines is 1. The van der Waals surface area contributed by atoms with Crippen LogP contribution < -0.4 is 5.32 Å². The average Bonchev–Trinajstić information content (AvgIpc) is 2.70. The summed E-state index contributed by atoms with van der Waals surface area (Å²) in [6.07, 6.45) is -0.930. The van der Waals surface area contributed by atoms with Gasteiger partial charge in [-0.3, -0.25) is 9.78 Å². The Morgan fingerprint density at radius 3 is 2.29 bits per heavy atom. The van der Waals surface area contributed by atoms with Gasteiger partial charge in [-0.2, -0.15) is 0 Å². The van der Waals surface area contributed by atoms with Gasteiger partial charge in [0.15, 0.2) is 6.10 Å². The van der Waals surface area contributed by atoms with E-state index in [9.17, 15) is 9.59 Å². The zero-order valence-electron chi connectivity index (χ0n) is 16.1. The smallest absolute Gasteiger partial charge is 0.340 e. The molecule has 0 aliphatic carbocycles. The Kier molecular flexibility index (Phi) is 5.84. The van der Waals surface area contributed by atoms with Crippen molar-refractivity contribution < 1.29 is 14.3 Å². The summed E-state index contributed by atoms with van der Waals surface area (Å²) in [5.41, 5.74) is 4.27. The third-order valence-electron chi connectivity index (χ3n) is 4.43. The number of rotatable bonds is 5. The largest absolute Gasteiger partial charge is 0.449 e. The van der Waals surface area contributed by atoms with Gasteiger partial charge in [0, 0.05) is 11.3 Å². The first kappa shape index (κ1) is 19.3. The second kappa shape index (κ2) is 8.48. The lowest BCUT2D eigenvalue weighted by molar-refractivity contribution is -0.123. The zero-order valence-corrected chi connectivity index (χ0v) is 16.1. The van der Waals surface area contributed by atoms with Crippen LogP contribution in [0.25, 0.3) is 11.3 Å². The molecule has 2 aromatic carbocycles. The molecule has 0 spiro atoms. The summed E-state index contributed by atoms with van der Waals surface area (Å²) in [7, 11) is 0. The summed E-state index contributed by atoms with van der Waals surface area (Å²) in [5.74, 6) is -0.953. The number of ether oxygens (including phenoxy) is 1. The van der Waals surface area contributed by atoms with Crippen LogP contribution in [0, 0.1) is 13.8 Å². The molecule has 0 saturated heterocycles. The highest BCUT2D eigenvalue weighted by Crippen LogP contribution is 2.20. The molecule has 0 fully saturated rings. The van der Waals surface area contributed by atoms with Crippen LogP contribution in [0.3, 0.4) is 0 Å². The third kappa shape index (κ3) is 4.43. The lowest BCUT2D eigenvalue weighted by Gasteiger charge is -2.15. The molecule has 0 aliphatic rings. The van der Waals surface area contributed by atoms with E-state index in [0.717, 1.165) is 16.8 Å². The second-order valence-electron chi connectivity index (χ2n) is 6.55. The zero-order chi connectivity index (χ0) is 20.1. The SMILES string of the molecule is Cc1ccccc1NC(=O)C(C)OC(=O)c1ccc(-c2ccccc2)nc1C. The summed E-state index contributed by atoms with van der Waals surface area (Å²) >= 11 is 0. The van der Waals surface area contributed by atoms with E-state index in [2.05, 4.69) is 10.3 Å². The fourth-order valence-corrected chi connectivity index (χ4v) is 2.77. The molecule has 1 amide bonds. The number of esters is 1. The molecule has 142 valence electrons. The van der Waals surface area contributed by atoms with Gasteiger partial charge in [0.1, 0.15) is 0 Å².